The number of ketones is 2. The molecule has 5 atom stereocenters. The van der Waals surface area contributed by atoms with E-state index in [1.54, 1.807) is 6.08 Å². The fourth-order valence-corrected chi connectivity index (χ4v) is 7.88. The predicted octanol–water partition coefficient (Wildman–Crippen LogP) is 5.94. The second kappa shape index (κ2) is 9.16. The van der Waals surface area contributed by atoms with E-state index >= 15 is 0 Å². The van der Waals surface area contributed by atoms with Gasteiger partial charge in [0.25, 0.3) is 0 Å². The van der Waals surface area contributed by atoms with Crippen molar-refractivity contribution >= 4 is 17.3 Å². The maximum Gasteiger partial charge on any atom is 0.457 e. The van der Waals surface area contributed by atoms with Gasteiger partial charge >= 0.3 is 6.18 Å². The summed E-state index contributed by atoms with van der Waals surface area (Å²) in [6.45, 7) is 1.71. The molecule has 1 aromatic rings. The molecule has 7 heteroatoms. The number of carbonyl (C=O) groups excluding carboxylic acids is 2. The van der Waals surface area contributed by atoms with E-state index in [-0.39, 0.29) is 42.3 Å². The van der Waals surface area contributed by atoms with Crippen molar-refractivity contribution in [3.05, 3.63) is 52.6 Å². The van der Waals surface area contributed by atoms with Gasteiger partial charge in [0.1, 0.15) is 6.61 Å². The first-order valence-corrected chi connectivity index (χ1v) is 12.9. The van der Waals surface area contributed by atoms with Crippen LogP contribution in [0.15, 0.2) is 47.1 Å². The topological polar surface area (TPSA) is 69.4 Å². The second-order valence-electron chi connectivity index (χ2n) is 11.2. The number of rotatable bonds is 4. The molecule has 4 nitrogen and oxygen atoms in total. The van der Waals surface area contributed by atoms with Gasteiger partial charge < -0.3 is 10.5 Å². The molecule has 5 rings (SSSR count). The number of carbonyl (C=O) groups is 2. The van der Waals surface area contributed by atoms with E-state index < -0.39 is 17.0 Å². The van der Waals surface area contributed by atoms with Crippen LogP contribution in [-0.2, 0) is 14.3 Å². The van der Waals surface area contributed by atoms with Gasteiger partial charge in [-0.1, -0.05) is 30.6 Å². The fourth-order valence-electron chi connectivity index (χ4n) is 7.88. The van der Waals surface area contributed by atoms with E-state index in [0.717, 1.165) is 24.0 Å². The van der Waals surface area contributed by atoms with Crippen LogP contribution in [0.3, 0.4) is 0 Å². The molecule has 196 valence electrons. The average molecular weight is 512 g/mol. The Hall–Kier alpha value is -2.85. The summed E-state index contributed by atoms with van der Waals surface area (Å²) in [5, 5.41) is 0. The van der Waals surface area contributed by atoms with E-state index in [9.17, 15) is 22.8 Å². The Labute approximate surface area is 215 Å². The van der Waals surface area contributed by atoms with Crippen LogP contribution in [0.2, 0.25) is 0 Å². The van der Waals surface area contributed by atoms with Crippen molar-refractivity contribution < 1.29 is 27.5 Å². The van der Waals surface area contributed by atoms with Gasteiger partial charge in [0.2, 0.25) is 0 Å². The molecule has 0 spiro atoms. The maximum absolute atomic E-state index is 13.6. The third kappa shape index (κ3) is 4.24. The summed E-state index contributed by atoms with van der Waals surface area (Å²) in [4.78, 5) is 25.8. The maximum atomic E-state index is 13.6. The number of methoxy groups -OCH3 is 1. The van der Waals surface area contributed by atoms with Gasteiger partial charge in [-0.05, 0) is 90.7 Å². The Morgan fingerprint density at radius 2 is 1.89 bits per heavy atom. The number of halogens is 3. The SMILES string of the molecule is COCC(=O)[C@@]1(C#CC(F)(F)F)CC[C@H]2[C@@H]3CCC4=CC(=O)CCC4=C3[C@@H](c3ccc(N)cc3)C[C@@]21C. The largest absolute Gasteiger partial charge is 0.457 e. The first kappa shape index (κ1) is 25.8. The summed E-state index contributed by atoms with van der Waals surface area (Å²) in [7, 11) is 1.39. The summed E-state index contributed by atoms with van der Waals surface area (Å²) >= 11 is 0. The fraction of sp³-hybridized carbons (Fsp3) is 0.533. The standard InChI is InChI=1S/C30H32F3NO3/c1-28-16-24(18-3-6-20(34)7-4-18)27-22-10-8-21(35)15-19(22)5-9-23(27)25(28)11-12-29(28,26(36)17-37-2)13-14-30(31,32)33/h3-4,6-7,15,23-25H,5,8-12,16-17,34H2,1-2H3/t23-,24+,25-,28-,29-/m0/s1. The molecule has 0 radical (unpaired) electrons. The number of anilines is 1. The molecule has 37 heavy (non-hydrogen) atoms. The minimum absolute atomic E-state index is 0.0162. The minimum Gasteiger partial charge on any atom is -0.399 e. The van der Waals surface area contributed by atoms with Crippen LogP contribution in [-0.4, -0.2) is 31.5 Å². The van der Waals surface area contributed by atoms with Gasteiger partial charge in [-0.15, -0.1) is 0 Å². The molecular weight excluding hydrogens is 479 g/mol. The van der Waals surface area contributed by atoms with Crippen molar-refractivity contribution in [2.75, 3.05) is 19.5 Å². The van der Waals surface area contributed by atoms with E-state index in [4.69, 9.17) is 10.5 Å². The summed E-state index contributed by atoms with van der Waals surface area (Å²) < 4.78 is 45.3. The van der Waals surface area contributed by atoms with Crippen LogP contribution in [0.4, 0.5) is 18.9 Å². The molecule has 0 aromatic heterocycles. The zero-order valence-electron chi connectivity index (χ0n) is 21.2. The minimum atomic E-state index is -4.69. The monoisotopic (exact) mass is 511 g/mol. The van der Waals surface area contributed by atoms with Gasteiger partial charge in [0, 0.05) is 31.1 Å². The number of nitrogen functional groups attached to an aromatic ring is 1. The molecule has 1 aromatic carbocycles. The molecule has 2 saturated carbocycles. The van der Waals surface area contributed by atoms with Crippen LogP contribution in [0.1, 0.15) is 63.4 Å². The van der Waals surface area contributed by atoms with Crippen molar-refractivity contribution in [2.24, 2.45) is 22.7 Å². The molecule has 0 amide bonds. The molecule has 0 aliphatic heterocycles. The third-order valence-corrected chi connectivity index (χ3v) is 9.44. The Kier molecular flexibility index (Phi) is 6.39. The lowest BCUT2D eigenvalue weighted by Gasteiger charge is -2.54. The lowest BCUT2D eigenvalue weighted by atomic mass is 9.48. The molecule has 4 aliphatic carbocycles. The number of Topliss-reactive ketones (excluding diaryl/α,β-unsaturated/α-hetero) is 1. The molecule has 2 N–H and O–H groups in total. The number of fused-ring (bicyclic) bond motifs is 4. The van der Waals surface area contributed by atoms with E-state index in [0.29, 0.717) is 31.4 Å². The van der Waals surface area contributed by atoms with Gasteiger partial charge in [-0.3, -0.25) is 9.59 Å². The highest BCUT2D eigenvalue weighted by molar-refractivity contribution is 5.93. The number of ether oxygens (including phenoxy) is 1. The Bertz CT molecular complexity index is 1250. The number of hydrogen-bond acceptors (Lipinski definition) is 4. The first-order chi connectivity index (χ1) is 17.5. The Balaban J connectivity index is 1.71. The highest BCUT2D eigenvalue weighted by Crippen LogP contribution is 2.69. The number of alkyl halides is 3. The van der Waals surface area contributed by atoms with Gasteiger partial charge in [-0.25, -0.2) is 0 Å². The van der Waals surface area contributed by atoms with Crippen LogP contribution in [0.25, 0.3) is 0 Å². The quantitative estimate of drug-likeness (QED) is 0.402. The number of benzene rings is 1. The summed E-state index contributed by atoms with van der Waals surface area (Å²) in [6, 6.07) is 7.65. The molecule has 0 unspecified atom stereocenters. The van der Waals surface area contributed by atoms with E-state index in [2.05, 4.69) is 5.92 Å². The lowest BCUT2D eigenvalue weighted by Crippen LogP contribution is -2.51. The highest BCUT2D eigenvalue weighted by Gasteiger charge is 2.65. The zero-order chi connectivity index (χ0) is 26.6. The van der Waals surface area contributed by atoms with Crippen LogP contribution < -0.4 is 5.73 Å². The normalized spacial score (nSPS) is 33.1. The van der Waals surface area contributed by atoms with Gasteiger partial charge in [0.05, 0.1) is 5.41 Å². The third-order valence-electron chi connectivity index (χ3n) is 9.44. The number of hydrogen-bond donors (Lipinski definition) is 1. The van der Waals surface area contributed by atoms with Crippen LogP contribution in [0.5, 0.6) is 0 Å². The van der Waals surface area contributed by atoms with Gasteiger partial charge in [0.15, 0.2) is 11.6 Å². The molecule has 2 fully saturated rings. The summed E-state index contributed by atoms with van der Waals surface area (Å²) in [5.41, 5.74) is 9.07. The average Bonchev–Trinajstić information content (AvgIpc) is 3.15. The highest BCUT2D eigenvalue weighted by atomic mass is 19.4. The van der Waals surface area contributed by atoms with E-state index in [1.165, 1.54) is 24.2 Å². The molecule has 0 saturated heterocycles. The second-order valence-corrected chi connectivity index (χ2v) is 11.2. The van der Waals surface area contributed by atoms with Crippen molar-refractivity contribution in [1.82, 2.24) is 0 Å². The van der Waals surface area contributed by atoms with E-state index in [1.807, 2.05) is 31.2 Å². The zero-order valence-corrected chi connectivity index (χ0v) is 21.2. The summed E-state index contributed by atoms with van der Waals surface area (Å²) in [5.74, 6) is 3.80. The van der Waals surface area contributed by atoms with Crippen LogP contribution in [0, 0.1) is 34.5 Å². The summed E-state index contributed by atoms with van der Waals surface area (Å²) in [6.07, 6.45) is 1.25. The smallest absolute Gasteiger partial charge is 0.399 e. The predicted molar refractivity (Wildman–Crippen MR) is 134 cm³/mol. The first-order valence-electron chi connectivity index (χ1n) is 12.9. The van der Waals surface area contributed by atoms with Crippen molar-refractivity contribution in [1.29, 1.82) is 0 Å². The van der Waals surface area contributed by atoms with Crippen LogP contribution >= 0.6 is 0 Å². The number of allylic oxidation sites excluding steroid dienone is 4. The molecule has 4 aliphatic rings. The lowest BCUT2D eigenvalue weighted by molar-refractivity contribution is -0.136. The van der Waals surface area contributed by atoms with Crippen molar-refractivity contribution in [2.45, 2.75) is 64.0 Å². The molecule has 0 heterocycles. The van der Waals surface area contributed by atoms with Crippen molar-refractivity contribution in [3.63, 3.8) is 0 Å². The molecule has 0 bridgehead atoms. The Morgan fingerprint density at radius 1 is 1.16 bits per heavy atom. The number of nitrogens with two attached hydrogens (primary N) is 1. The van der Waals surface area contributed by atoms with Gasteiger partial charge in [-0.2, -0.15) is 13.2 Å². The molecular formula is C30H32F3NO3. The van der Waals surface area contributed by atoms with Crippen molar-refractivity contribution in [3.8, 4) is 11.8 Å². The Morgan fingerprint density at radius 3 is 2.57 bits per heavy atom.